The van der Waals surface area contributed by atoms with Crippen LogP contribution >= 0.6 is 11.9 Å². The summed E-state index contributed by atoms with van der Waals surface area (Å²) in [4.78, 5) is 2.52. The van der Waals surface area contributed by atoms with E-state index < -0.39 is 0 Å². The third-order valence-electron chi connectivity index (χ3n) is 2.71. The lowest BCUT2D eigenvalue weighted by atomic mass is 10.1. The molecule has 1 saturated heterocycles. The second kappa shape index (κ2) is 8.39. The minimum Gasteiger partial charge on any atom is -0.376 e. The normalized spacial score (nSPS) is 23.2. The van der Waals surface area contributed by atoms with Crippen molar-refractivity contribution in [1.82, 2.24) is 9.62 Å². The zero-order valence-corrected chi connectivity index (χ0v) is 10.8. The highest BCUT2D eigenvalue weighted by Gasteiger charge is 2.18. The van der Waals surface area contributed by atoms with Gasteiger partial charge in [0.2, 0.25) is 0 Å². The predicted octanol–water partition coefficient (Wildman–Crippen LogP) is 1.75. The predicted molar refractivity (Wildman–Crippen MR) is 67.2 cm³/mol. The van der Waals surface area contributed by atoms with Crippen molar-refractivity contribution < 1.29 is 4.74 Å². The van der Waals surface area contributed by atoms with Gasteiger partial charge < -0.3 is 4.74 Å². The van der Waals surface area contributed by atoms with Crippen molar-refractivity contribution >= 4 is 11.9 Å². The van der Waals surface area contributed by atoms with E-state index in [1.54, 1.807) is 11.9 Å². The standard InChI is InChI=1S/C11H24N2OS/c1-3-7-13-8-9-14-11(10-13)5-4-6-12-15-2/h11-12H,3-10H2,1-2H3/t11-/m0/s1. The van der Waals surface area contributed by atoms with E-state index in [1.807, 2.05) is 0 Å². The van der Waals surface area contributed by atoms with Gasteiger partial charge in [-0.2, -0.15) is 0 Å². The van der Waals surface area contributed by atoms with Gasteiger partial charge in [0.25, 0.3) is 0 Å². The molecule has 1 aliphatic rings. The molecule has 90 valence electrons. The number of morpholine rings is 1. The first-order valence-electron chi connectivity index (χ1n) is 5.96. The molecule has 1 atom stereocenters. The molecule has 4 heteroatoms. The van der Waals surface area contributed by atoms with Gasteiger partial charge in [0, 0.05) is 19.6 Å². The van der Waals surface area contributed by atoms with E-state index in [0.29, 0.717) is 6.10 Å². The van der Waals surface area contributed by atoms with E-state index in [4.69, 9.17) is 4.74 Å². The Morgan fingerprint density at radius 2 is 2.40 bits per heavy atom. The summed E-state index contributed by atoms with van der Waals surface area (Å²) in [6.45, 7) is 7.73. The van der Waals surface area contributed by atoms with Gasteiger partial charge in [-0.05, 0) is 32.1 Å². The Hall–Kier alpha value is 0.230. The maximum Gasteiger partial charge on any atom is 0.0703 e. The Labute approximate surface area is 98.1 Å². The number of ether oxygens (including phenoxy) is 1. The van der Waals surface area contributed by atoms with Crippen molar-refractivity contribution in [3.63, 3.8) is 0 Å². The molecule has 0 radical (unpaired) electrons. The summed E-state index contributed by atoms with van der Waals surface area (Å²) in [6, 6.07) is 0. The highest BCUT2D eigenvalue weighted by molar-refractivity contribution is 7.96. The first-order valence-corrected chi connectivity index (χ1v) is 7.19. The molecule has 1 N–H and O–H groups in total. The fraction of sp³-hybridized carbons (Fsp3) is 1.00. The molecule has 0 amide bonds. The summed E-state index contributed by atoms with van der Waals surface area (Å²) < 4.78 is 9.03. The van der Waals surface area contributed by atoms with Crippen molar-refractivity contribution in [2.75, 3.05) is 39.0 Å². The van der Waals surface area contributed by atoms with E-state index in [1.165, 1.54) is 25.8 Å². The molecule has 0 spiro atoms. The first-order chi connectivity index (χ1) is 7.36. The molecule has 0 saturated carbocycles. The third kappa shape index (κ3) is 5.76. The molecule has 3 nitrogen and oxygen atoms in total. The van der Waals surface area contributed by atoms with Gasteiger partial charge in [0.15, 0.2) is 0 Å². The fourth-order valence-electron chi connectivity index (χ4n) is 1.98. The second-order valence-corrected chi connectivity index (χ2v) is 4.73. The third-order valence-corrected chi connectivity index (χ3v) is 3.20. The molecule has 15 heavy (non-hydrogen) atoms. The zero-order chi connectivity index (χ0) is 10.9. The summed E-state index contributed by atoms with van der Waals surface area (Å²) in [6.07, 6.45) is 6.19. The Morgan fingerprint density at radius 3 is 3.13 bits per heavy atom. The monoisotopic (exact) mass is 232 g/mol. The van der Waals surface area contributed by atoms with E-state index in [-0.39, 0.29) is 0 Å². The van der Waals surface area contributed by atoms with Crippen LogP contribution < -0.4 is 4.72 Å². The number of hydrogen-bond donors (Lipinski definition) is 1. The van der Waals surface area contributed by atoms with Gasteiger partial charge in [0.1, 0.15) is 0 Å². The molecule has 1 heterocycles. The maximum atomic E-state index is 5.76. The molecule has 0 aromatic carbocycles. The van der Waals surface area contributed by atoms with Crippen molar-refractivity contribution in [3.05, 3.63) is 0 Å². The summed E-state index contributed by atoms with van der Waals surface area (Å²) in [5.74, 6) is 0. The first kappa shape index (κ1) is 13.3. The average Bonchev–Trinajstić information content (AvgIpc) is 2.26. The van der Waals surface area contributed by atoms with Crippen LogP contribution in [-0.4, -0.2) is 50.0 Å². The van der Waals surface area contributed by atoms with Crippen LogP contribution in [0.3, 0.4) is 0 Å². The molecule has 1 rings (SSSR count). The number of nitrogens with one attached hydrogen (secondary N) is 1. The molecule has 1 aliphatic heterocycles. The molecule has 0 bridgehead atoms. The fourth-order valence-corrected chi connectivity index (χ4v) is 2.33. The van der Waals surface area contributed by atoms with E-state index in [0.717, 1.165) is 26.2 Å². The highest BCUT2D eigenvalue weighted by Crippen LogP contribution is 2.10. The lowest BCUT2D eigenvalue weighted by Crippen LogP contribution is -2.42. The van der Waals surface area contributed by atoms with Crippen molar-refractivity contribution in [2.45, 2.75) is 32.3 Å². The van der Waals surface area contributed by atoms with E-state index in [9.17, 15) is 0 Å². The number of rotatable bonds is 7. The van der Waals surface area contributed by atoms with Crippen LogP contribution in [0.5, 0.6) is 0 Å². The van der Waals surface area contributed by atoms with E-state index in [2.05, 4.69) is 22.8 Å². The van der Waals surface area contributed by atoms with Crippen LogP contribution in [0, 0.1) is 0 Å². The van der Waals surface area contributed by atoms with Gasteiger partial charge in [-0.1, -0.05) is 18.9 Å². The van der Waals surface area contributed by atoms with E-state index >= 15 is 0 Å². The molecule has 0 aromatic heterocycles. The molecule has 0 aliphatic carbocycles. The number of nitrogens with zero attached hydrogens (tertiary/aromatic N) is 1. The minimum absolute atomic E-state index is 0.467. The average molecular weight is 232 g/mol. The van der Waals surface area contributed by atoms with Crippen molar-refractivity contribution in [3.8, 4) is 0 Å². The van der Waals surface area contributed by atoms with Crippen LogP contribution in [0.15, 0.2) is 0 Å². The van der Waals surface area contributed by atoms with Gasteiger partial charge >= 0.3 is 0 Å². The van der Waals surface area contributed by atoms with Crippen LogP contribution in [0.25, 0.3) is 0 Å². The van der Waals surface area contributed by atoms with Crippen LogP contribution in [-0.2, 0) is 4.74 Å². The molecule has 1 fully saturated rings. The lowest BCUT2D eigenvalue weighted by molar-refractivity contribution is -0.0323. The minimum atomic E-state index is 0.467. The maximum absolute atomic E-state index is 5.76. The van der Waals surface area contributed by atoms with Crippen LogP contribution in [0.2, 0.25) is 0 Å². The molecular weight excluding hydrogens is 208 g/mol. The van der Waals surface area contributed by atoms with Gasteiger partial charge in [-0.3, -0.25) is 9.62 Å². The van der Waals surface area contributed by atoms with Crippen molar-refractivity contribution in [2.24, 2.45) is 0 Å². The Balaban J connectivity index is 2.07. The Bertz CT molecular complexity index is 156. The van der Waals surface area contributed by atoms with Gasteiger partial charge in [0.05, 0.1) is 12.7 Å². The largest absolute Gasteiger partial charge is 0.376 e. The topological polar surface area (TPSA) is 24.5 Å². The Morgan fingerprint density at radius 1 is 1.53 bits per heavy atom. The summed E-state index contributed by atoms with van der Waals surface area (Å²) in [5, 5.41) is 0. The quantitative estimate of drug-likeness (QED) is 0.534. The van der Waals surface area contributed by atoms with Crippen LogP contribution in [0.1, 0.15) is 26.2 Å². The summed E-state index contributed by atoms with van der Waals surface area (Å²) in [5.41, 5.74) is 0. The Kier molecular flexibility index (Phi) is 7.44. The SMILES string of the molecule is CCCN1CCO[C@@H](CCCNSC)C1. The van der Waals surface area contributed by atoms with Gasteiger partial charge in [-0.25, -0.2) is 0 Å². The zero-order valence-electron chi connectivity index (χ0n) is 10.00. The second-order valence-electron chi connectivity index (χ2n) is 4.03. The molecule has 0 unspecified atom stereocenters. The highest BCUT2D eigenvalue weighted by atomic mass is 32.2. The molecular formula is C11H24N2OS. The van der Waals surface area contributed by atoms with Gasteiger partial charge in [-0.15, -0.1) is 0 Å². The van der Waals surface area contributed by atoms with Crippen molar-refractivity contribution in [1.29, 1.82) is 0 Å². The van der Waals surface area contributed by atoms with Crippen LogP contribution in [0.4, 0.5) is 0 Å². The lowest BCUT2D eigenvalue weighted by Gasteiger charge is -2.32. The summed E-state index contributed by atoms with van der Waals surface area (Å²) in [7, 11) is 0. The molecule has 0 aromatic rings. The smallest absolute Gasteiger partial charge is 0.0703 e. The number of hydrogen-bond acceptors (Lipinski definition) is 4. The summed E-state index contributed by atoms with van der Waals surface area (Å²) >= 11 is 1.70.